The van der Waals surface area contributed by atoms with Gasteiger partial charge in [0, 0.05) is 6.08 Å². The number of nitrogens with zero attached hydrogens (tertiary/aromatic N) is 1. The molecule has 0 bridgehead atoms. The topological polar surface area (TPSA) is 66.5 Å². The third-order valence-electron chi connectivity index (χ3n) is 3.98. The number of halogens is 3. The summed E-state index contributed by atoms with van der Waals surface area (Å²) in [6.45, 7) is 0. The summed E-state index contributed by atoms with van der Waals surface area (Å²) in [5.41, 5.74) is -0.713. The lowest BCUT2D eigenvalue weighted by Gasteiger charge is -2.18. The molecule has 1 unspecified atom stereocenters. The average molecular weight is 374 g/mol. The molecule has 4 amide bonds. The highest BCUT2D eigenvalue weighted by Gasteiger charge is 2.42. The van der Waals surface area contributed by atoms with Gasteiger partial charge in [-0.1, -0.05) is 48.5 Å². The van der Waals surface area contributed by atoms with E-state index in [-0.39, 0.29) is 5.56 Å². The number of urea groups is 1. The second kappa shape index (κ2) is 7.06. The average Bonchev–Trinajstić information content (AvgIpc) is 2.94. The molecule has 1 fully saturated rings. The maximum atomic E-state index is 13.0. The van der Waals surface area contributed by atoms with Gasteiger partial charge in [0.25, 0.3) is 11.8 Å². The van der Waals surface area contributed by atoms with Crippen LogP contribution in [0.5, 0.6) is 0 Å². The van der Waals surface area contributed by atoms with Crippen molar-refractivity contribution >= 4 is 23.9 Å². The Morgan fingerprint density at radius 2 is 1.63 bits per heavy atom. The minimum absolute atomic E-state index is 0.222. The third kappa shape index (κ3) is 3.74. The Morgan fingerprint density at radius 3 is 2.30 bits per heavy atom. The van der Waals surface area contributed by atoms with Gasteiger partial charge in [-0.3, -0.25) is 14.9 Å². The third-order valence-corrected chi connectivity index (χ3v) is 3.98. The molecule has 0 saturated carbocycles. The molecule has 3 rings (SSSR count). The van der Waals surface area contributed by atoms with Crippen molar-refractivity contribution in [2.75, 3.05) is 0 Å². The Kier molecular flexibility index (Phi) is 4.81. The second-order valence-corrected chi connectivity index (χ2v) is 5.73. The highest BCUT2D eigenvalue weighted by atomic mass is 19.4. The number of carbonyl (C=O) groups is 3. The van der Waals surface area contributed by atoms with E-state index in [1.54, 1.807) is 30.3 Å². The van der Waals surface area contributed by atoms with E-state index in [1.807, 2.05) is 5.32 Å². The number of amides is 4. The van der Waals surface area contributed by atoms with E-state index in [0.29, 0.717) is 10.5 Å². The lowest BCUT2D eigenvalue weighted by Crippen LogP contribution is -2.34. The Labute approximate surface area is 152 Å². The summed E-state index contributed by atoms with van der Waals surface area (Å²) in [6, 6.07) is 10.8. The van der Waals surface area contributed by atoms with Crippen LogP contribution in [-0.4, -0.2) is 22.7 Å². The molecule has 1 N–H and O–H groups in total. The van der Waals surface area contributed by atoms with Crippen molar-refractivity contribution in [2.24, 2.45) is 0 Å². The molecule has 0 aromatic heterocycles. The summed E-state index contributed by atoms with van der Waals surface area (Å²) in [5.74, 6) is -1.58. The number of hydrogen-bond acceptors (Lipinski definition) is 3. The monoisotopic (exact) mass is 374 g/mol. The molecule has 1 heterocycles. The smallest absolute Gasteiger partial charge is 0.275 e. The van der Waals surface area contributed by atoms with E-state index in [9.17, 15) is 27.6 Å². The van der Waals surface area contributed by atoms with Crippen molar-refractivity contribution in [1.82, 2.24) is 10.2 Å². The van der Waals surface area contributed by atoms with E-state index in [2.05, 4.69) is 0 Å². The Morgan fingerprint density at radius 1 is 1.00 bits per heavy atom. The summed E-state index contributed by atoms with van der Waals surface area (Å²) in [6.07, 6.45) is -2.76. The van der Waals surface area contributed by atoms with Gasteiger partial charge in [-0.25, -0.2) is 9.69 Å². The van der Waals surface area contributed by atoms with Gasteiger partial charge in [0.2, 0.25) is 0 Å². The fourth-order valence-electron chi connectivity index (χ4n) is 2.77. The molecule has 2 aromatic rings. The number of imide groups is 2. The van der Waals surface area contributed by atoms with Gasteiger partial charge in [-0.15, -0.1) is 0 Å². The molecule has 0 aliphatic carbocycles. The van der Waals surface area contributed by atoms with Crippen molar-refractivity contribution < 1.29 is 27.6 Å². The fraction of sp³-hybridized carbons (Fsp3) is 0.105. The van der Waals surface area contributed by atoms with Crippen LogP contribution in [0.3, 0.4) is 0 Å². The highest BCUT2D eigenvalue weighted by molar-refractivity contribution is 6.14. The first-order valence-corrected chi connectivity index (χ1v) is 7.86. The molecule has 0 spiro atoms. The first-order chi connectivity index (χ1) is 12.8. The Bertz CT molecular complexity index is 923. The number of benzene rings is 2. The van der Waals surface area contributed by atoms with E-state index in [1.165, 1.54) is 18.2 Å². The van der Waals surface area contributed by atoms with Crippen LogP contribution < -0.4 is 5.32 Å². The van der Waals surface area contributed by atoms with Gasteiger partial charge < -0.3 is 0 Å². The zero-order valence-corrected chi connectivity index (χ0v) is 13.7. The molecule has 1 saturated heterocycles. The van der Waals surface area contributed by atoms with Crippen LogP contribution in [0, 0.1) is 0 Å². The zero-order chi connectivity index (χ0) is 19.6. The van der Waals surface area contributed by atoms with Crippen molar-refractivity contribution in [3.63, 3.8) is 0 Å². The highest BCUT2D eigenvalue weighted by Crippen LogP contribution is 2.32. The zero-order valence-electron chi connectivity index (χ0n) is 13.7. The largest absolute Gasteiger partial charge is 0.416 e. The van der Waals surface area contributed by atoms with E-state index in [0.717, 1.165) is 18.2 Å². The van der Waals surface area contributed by atoms with Crippen LogP contribution in [0.2, 0.25) is 0 Å². The van der Waals surface area contributed by atoms with Crippen molar-refractivity contribution in [3.05, 3.63) is 77.4 Å². The van der Waals surface area contributed by atoms with Crippen LogP contribution in [0.1, 0.15) is 22.7 Å². The van der Waals surface area contributed by atoms with Crippen LogP contribution in [0.25, 0.3) is 6.08 Å². The van der Waals surface area contributed by atoms with Crippen LogP contribution >= 0.6 is 0 Å². The molecule has 1 aliphatic heterocycles. The van der Waals surface area contributed by atoms with E-state index < -0.39 is 35.6 Å². The standard InChI is InChI=1S/C19H13F3N2O3/c20-19(21,22)14-9-5-4-6-12(14)10-11-15(25)24-16(17(26)23-18(24)27)13-7-2-1-3-8-13/h1-11,16H,(H,23,26,27)/b11-10+. The molecular weight excluding hydrogens is 361 g/mol. The molecule has 0 radical (unpaired) electrons. The maximum Gasteiger partial charge on any atom is 0.416 e. The number of rotatable bonds is 3. The minimum Gasteiger partial charge on any atom is -0.275 e. The molecule has 27 heavy (non-hydrogen) atoms. The number of hydrogen-bond donors (Lipinski definition) is 1. The van der Waals surface area contributed by atoms with Crippen LogP contribution in [-0.2, 0) is 15.8 Å². The molecule has 5 nitrogen and oxygen atoms in total. The molecule has 2 aromatic carbocycles. The number of nitrogens with one attached hydrogen (secondary N) is 1. The molecular formula is C19H13F3N2O3. The molecule has 138 valence electrons. The molecule has 8 heteroatoms. The number of alkyl halides is 3. The lowest BCUT2D eigenvalue weighted by atomic mass is 10.1. The Hall–Kier alpha value is -3.42. The van der Waals surface area contributed by atoms with Crippen LogP contribution in [0.4, 0.5) is 18.0 Å². The van der Waals surface area contributed by atoms with Gasteiger partial charge in [0.1, 0.15) is 6.04 Å². The fourth-order valence-corrected chi connectivity index (χ4v) is 2.77. The summed E-state index contributed by atoms with van der Waals surface area (Å²) in [5, 5.41) is 2.04. The van der Waals surface area contributed by atoms with Crippen LogP contribution in [0.15, 0.2) is 60.7 Å². The second-order valence-electron chi connectivity index (χ2n) is 5.73. The minimum atomic E-state index is -4.59. The van der Waals surface area contributed by atoms with E-state index >= 15 is 0 Å². The molecule has 1 aliphatic rings. The maximum absolute atomic E-state index is 13.0. The summed E-state index contributed by atoms with van der Waals surface area (Å²) in [4.78, 5) is 37.2. The van der Waals surface area contributed by atoms with Crippen molar-refractivity contribution in [1.29, 1.82) is 0 Å². The summed E-state index contributed by atoms with van der Waals surface area (Å²) >= 11 is 0. The van der Waals surface area contributed by atoms with Gasteiger partial charge in [0.05, 0.1) is 5.56 Å². The normalized spacial score (nSPS) is 17.4. The van der Waals surface area contributed by atoms with Crippen molar-refractivity contribution in [3.8, 4) is 0 Å². The number of carbonyl (C=O) groups excluding carboxylic acids is 3. The predicted molar refractivity (Wildman–Crippen MR) is 90.0 cm³/mol. The summed E-state index contributed by atoms with van der Waals surface area (Å²) in [7, 11) is 0. The van der Waals surface area contributed by atoms with Gasteiger partial charge >= 0.3 is 12.2 Å². The first kappa shape index (κ1) is 18.4. The van der Waals surface area contributed by atoms with Gasteiger partial charge in [0.15, 0.2) is 0 Å². The quantitative estimate of drug-likeness (QED) is 0.660. The lowest BCUT2D eigenvalue weighted by molar-refractivity contribution is -0.137. The van der Waals surface area contributed by atoms with Crippen molar-refractivity contribution in [2.45, 2.75) is 12.2 Å². The van der Waals surface area contributed by atoms with E-state index in [4.69, 9.17) is 0 Å². The first-order valence-electron chi connectivity index (χ1n) is 7.86. The SMILES string of the molecule is O=C1NC(=O)N(C(=O)/C=C/c2ccccc2C(F)(F)F)C1c1ccccc1. The Balaban J connectivity index is 1.90. The van der Waals surface area contributed by atoms with Gasteiger partial charge in [-0.2, -0.15) is 13.2 Å². The summed E-state index contributed by atoms with van der Waals surface area (Å²) < 4.78 is 39.1. The molecule has 1 atom stereocenters. The predicted octanol–water partition coefficient (Wildman–Crippen LogP) is 3.54. The van der Waals surface area contributed by atoms with Gasteiger partial charge in [-0.05, 0) is 23.3 Å².